The van der Waals surface area contributed by atoms with Crippen LogP contribution in [-0.2, 0) is 11.3 Å². The van der Waals surface area contributed by atoms with Gasteiger partial charge >= 0.3 is 0 Å². The van der Waals surface area contributed by atoms with E-state index in [-0.39, 0.29) is 11.9 Å². The maximum absolute atomic E-state index is 12.5. The molecule has 6 heteroatoms. The van der Waals surface area contributed by atoms with E-state index in [4.69, 9.17) is 5.26 Å². The van der Waals surface area contributed by atoms with Crippen molar-refractivity contribution in [3.8, 4) is 6.07 Å². The summed E-state index contributed by atoms with van der Waals surface area (Å²) in [4.78, 5) is 18.5. The second-order valence-electron chi connectivity index (χ2n) is 6.25. The fourth-order valence-electron chi connectivity index (χ4n) is 2.97. The van der Waals surface area contributed by atoms with Crippen LogP contribution in [0.3, 0.4) is 0 Å². The van der Waals surface area contributed by atoms with Gasteiger partial charge in [0.2, 0.25) is 5.91 Å². The van der Waals surface area contributed by atoms with Gasteiger partial charge in [-0.3, -0.25) is 14.6 Å². The van der Waals surface area contributed by atoms with Gasteiger partial charge in [-0.2, -0.15) is 5.26 Å². The Balaban J connectivity index is 1.48. The lowest BCUT2D eigenvalue weighted by molar-refractivity contribution is -0.121. The number of carbonyl (C=O) groups excluding carboxylic acids is 1. The summed E-state index contributed by atoms with van der Waals surface area (Å²) in [5.74, 6) is -0.00332. The van der Waals surface area contributed by atoms with E-state index in [0.29, 0.717) is 5.56 Å². The zero-order valence-electron chi connectivity index (χ0n) is 14.3. The SMILES string of the molecule is C[C@H](C(=O)Nc1ccc(C#N)cc1)N1CCN(Cc2cccs2)CC1. The molecule has 0 aliphatic carbocycles. The second-order valence-corrected chi connectivity index (χ2v) is 7.28. The van der Waals surface area contributed by atoms with Crippen LogP contribution in [0.15, 0.2) is 41.8 Å². The number of nitrogens with zero attached hydrogens (tertiary/aromatic N) is 3. The topological polar surface area (TPSA) is 59.4 Å². The molecule has 5 nitrogen and oxygen atoms in total. The van der Waals surface area contributed by atoms with Crippen LogP contribution in [0.2, 0.25) is 0 Å². The van der Waals surface area contributed by atoms with E-state index < -0.39 is 0 Å². The van der Waals surface area contributed by atoms with Crippen LogP contribution in [0.5, 0.6) is 0 Å². The van der Waals surface area contributed by atoms with Crippen LogP contribution in [0.4, 0.5) is 5.69 Å². The van der Waals surface area contributed by atoms with Crippen molar-refractivity contribution in [3.05, 3.63) is 52.2 Å². The highest BCUT2D eigenvalue weighted by molar-refractivity contribution is 7.09. The fourth-order valence-corrected chi connectivity index (χ4v) is 3.72. The molecule has 1 amide bonds. The van der Waals surface area contributed by atoms with Crippen LogP contribution in [-0.4, -0.2) is 47.9 Å². The lowest BCUT2D eigenvalue weighted by Gasteiger charge is -2.37. The van der Waals surface area contributed by atoms with Crippen molar-refractivity contribution in [2.45, 2.75) is 19.5 Å². The Kier molecular flexibility index (Phi) is 5.82. The molecule has 1 aliphatic heterocycles. The van der Waals surface area contributed by atoms with Crippen LogP contribution in [0.25, 0.3) is 0 Å². The van der Waals surface area contributed by atoms with Crippen LogP contribution in [0.1, 0.15) is 17.4 Å². The minimum atomic E-state index is -0.167. The molecule has 2 heterocycles. The first-order valence-electron chi connectivity index (χ1n) is 8.45. The summed E-state index contributed by atoms with van der Waals surface area (Å²) in [6.07, 6.45) is 0. The van der Waals surface area contributed by atoms with Gasteiger partial charge in [0.25, 0.3) is 0 Å². The number of carbonyl (C=O) groups is 1. The quantitative estimate of drug-likeness (QED) is 0.897. The fraction of sp³-hybridized carbons (Fsp3) is 0.368. The highest BCUT2D eigenvalue weighted by Crippen LogP contribution is 2.15. The number of piperazine rings is 1. The summed E-state index contributed by atoms with van der Waals surface area (Å²) in [7, 11) is 0. The highest BCUT2D eigenvalue weighted by Gasteiger charge is 2.25. The lowest BCUT2D eigenvalue weighted by atomic mass is 10.2. The smallest absolute Gasteiger partial charge is 0.241 e. The first kappa shape index (κ1) is 17.6. The number of anilines is 1. The van der Waals surface area contributed by atoms with Crippen molar-refractivity contribution in [2.75, 3.05) is 31.5 Å². The Morgan fingerprint density at radius 2 is 1.96 bits per heavy atom. The molecule has 0 unspecified atom stereocenters. The van der Waals surface area contributed by atoms with E-state index in [9.17, 15) is 4.79 Å². The molecule has 0 spiro atoms. The first-order valence-corrected chi connectivity index (χ1v) is 9.33. The Bertz CT molecular complexity index is 728. The number of amides is 1. The number of nitriles is 1. The Hall–Kier alpha value is -2.20. The average molecular weight is 354 g/mol. The summed E-state index contributed by atoms with van der Waals surface area (Å²) < 4.78 is 0. The molecule has 1 saturated heterocycles. The van der Waals surface area contributed by atoms with Crippen LogP contribution in [0, 0.1) is 11.3 Å². The first-order chi connectivity index (χ1) is 12.2. The van der Waals surface area contributed by atoms with Gasteiger partial charge in [-0.1, -0.05) is 6.07 Å². The van der Waals surface area contributed by atoms with Crippen molar-refractivity contribution in [3.63, 3.8) is 0 Å². The maximum Gasteiger partial charge on any atom is 0.241 e. The molecule has 1 aromatic carbocycles. The van der Waals surface area contributed by atoms with E-state index >= 15 is 0 Å². The zero-order chi connectivity index (χ0) is 17.6. The zero-order valence-corrected chi connectivity index (χ0v) is 15.1. The number of hydrogen-bond acceptors (Lipinski definition) is 5. The lowest BCUT2D eigenvalue weighted by Crippen LogP contribution is -2.52. The molecule has 25 heavy (non-hydrogen) atoms. The Morgan fingerprint density at radius 1 is 1.24 bits per heavy atom. The molecule has 0 saturated carbocycles. The number of rotatable bonds is 5. The predicted octanol–water partition coefficient (Wildman–Crippen LogP) is 2.76. The van der Waals surface area contributed by atoms with Crippen LogP contribution < -0.4 is 5.32 Å². The Morgan fingerprint density at radius 3 is 2.56 bits per heavy atom. The third-order valence-corrected chi connectivity index (χ3v) is 5.44. The molecule has 1 aliphatic rings. The van der Waals surface area contributed by atoms with Crippen molar-refractivity contribution >= 4 is 22.9 Å². The number of nitrogens with one attached hydrogen (secondary N) is 1. The van der Waals surface area contributed by atoms with Gasteiger partial charge in [-0.25, -0.2) is 0 Å². The minimum Gasteiger partial charge on any atom is -0.325 e. The third-order valence-electron chi connectivity index (χ3n) is 4.58. The van der Waals surface area contributed by atoms with E-state index in [1.807, 2.05) is 6.92 Å². The number of thiophene rings is 1. The number of hydrogen-bond donors (Lipinski definition) is 1. The van der Waals surface area contributed by atoms with Crippen molar-refractivity contribution in [1.29, 1.82) is 5.26 Å². The van der Waals surface area contributed by atoms with E-state index in [1.165, 1.54) is 4.88 Å². The van der Waals surface area contributed by atoms with Gasteiger partial charge in [-0.05, 0) is 42.6 Å². The molecule has 1 fully saturated rings. The highest BCUT2D eigenvalue weighted by atomic mass is 32.1. The van der Waals surface area contributed by atoms with Gasteiger partial charge in [0.15, 0.2) is 0 Å². The molecule has 2 aromatic rings. The molecule has 3 rings (SSSR count). The molecule has 1 atom stereocenters. The molecular formula is C19H22N4OS. The van der Waals surface area contributed by atoms with Gasteiger partial charge in [0, 0.05) is 43.3 Å². The molecule has 0 bridgehead atoms. The third kappa shape index (κ3) is 4.67. The summed E-state index contributed by atoms with van der Waals surface area (Å²) in [5.41, 5.74) is 1.32. The number of benzene rings is 1. The maximum atomic E-state index is 12.5. The molecule has 130 valence electrons. The molecule has 0 radical (unpaired) electrons. The molecule has 1 N–H and O–H groups in total. The van der Waals surface area contributed by atoms with Gasteiger partial charge in [0.1, 0.15) is 0 Å². The van der Waals surface area contributed by atoms with Crippen molar-refractivity contribution in [2.24, 2.45) is 0 Å². The standard InChI is InChI=1S/C19H22N4OS/c1-15(19(24)21-17-6-4-16(13-20)5-7-17)23-10-8-22(9-11-23)14-18-3-2-12-25-18/h2-7,12,15H,8-11,14H2,1H3,(H,21,24)/t15-/m1/s1. The second kappa shape index (κ2) is 8.26. The minimum absolute atomic E-state index is 0.00332. The van der Waals surface area contributed by atoms with Crippen LogP contribution >= 0.6 is 11.3 Å². The van der Waals surface area contributed by atoms with Crippen molar-refractivity contribution in [1.82, 2.24) is 9.80 Å². The Labute approximate surface area is 152 Å². The summed E-state index contributed by atoms with van der Waals surface area (Å²) >= 11 is 1.79. The summed E-state index contributed by atoms with van der Waals surface area (Å²) in [5, 5.41) is 13.9. The van der Waals surface area contributed by atoms with E-state index in [0.717, 1.165) is 38.4 Å². The van der Waals surface area contributed by atoms with E-state index in [1.54, 1.807) is 35.6 Å². The summed E-state index contributed by atoms with van der Waals surface area (Å²) in [6.45, 7) is 6.70. The summed E-state index contributed by atoms with van der Waals surface area (Å²) in [6, 6.07) is 13.1. The monoisotopic (exact) mass is 354 g/mol. The van der Waals surface area contributed by atoms with Gasteiger partial charge < -0.3 is 5.32 Å². The largest absolute Gasteiger partial charge is 0.325 e. The van der Waals surface area contributed by atoms with Gasteiger partial charge in [0.05, 0.1) is 17.7 Å². The van der Waals surface area contributed by atoms with Gasteiger partial charge in [-0.15, -0.1) is 11.3 Å². The van der Waals surface area contributed by atoms with E-state index in [2.05, 4.69) is 38.7 Å². The molecular weight excluding hydrogens is 332 g/mol. The molecule has 1 aromatic heterocycles. The van der Waals surface area contributed by atoms with Crippen molar-refractivity contribution < 1.29 is 4.79 Å². The average Bonchev–Trinajstić information content (AvgIpc) is 3.15. The predicted molar refractivity (Wildman–Crippen MR) is 100 cm³/mol. The normalized spacial score (nSPS) is 17.0.